The van der Waals surface area contributed by atoms with Gasteiger partial charge in [-0.05, 0) is 71.1 Å². The molecular weight excluding hydrogens is 393 g/mol. The molecule has 0 radical (unpaired) electrons. The molecule has 2 aromatic carbocycles. The highest BCUT2D eigenvalue weighted by molar-refractivity contribution is 14.1. The number of Topliss-reactive ketones (excluding diaryl/α,β-unsaturated/α-hetero) is 1. The van der Waals surface area contributed by atoms with Gasteiger partial charge in [0, 0.05) is 21.2 Å². The summed E-state index contributed by atoms with van der Waals surface area (Å²) in [6.45, 7) is 1.74. The van der Waals surface area contributed by atoms with E-state index in [0.717, 1.165) is 9.26 Å². The molecule has 22 heavy (non-hydrogen) atoms. The van der Waals surface area contributed by atoms with Crippen LogP contribution in [0.3, 0.4) is 0 Å². The minimum absolute atomic E-state index is 0.0763. The maximum absolute atomic E-state index is 11.8. The van der Waals surface area contributed by atoms with Crippen molar-refractivity contribution < 1.29 is 14.3 Å². The largest absolute Gasteiger partial charge is 0.484 e. The molecule has 1 amide bonds. The second-order valence-electron chi connectivity index (χ2n) is 4.64. The summed E-state index contributed by atoms with van der Waals surface area (Å²) in [6, 6.07) is 14.3. The molecule has 0 bridgehead atoms. The third kappa shape index (κ3) is 4.84. The van der Waals surface area contributed by atoms with E-state index in [9.17, 15) is 9.59 Å². The molecule has 2 rings (SSSR count). The summed E-state index contributed by atoms with van der Waals surface area (Å²) in [6.07, 6.45) is 0.471. The lowest BCUT2D eigenvalue weighted by atomic mass is 10.1. The van der Waals surface area contributed by atoms with E-state index in [0.29, 0.717) is 17.7 Å². The zero-order chi connectivity index (χ0) is 15.9. The number of ketones is 1. The van der Waals surface area contributed by atoms with E-state index in [-0.39, 0.29) is 18.3 Å². The lowest BCUT2D eigenvalue weighted by molar-refractivity contribution is -0.118. The first kappa shape index (κ1) is 16.5. The molecule has 0 aliphatic carbocycles. The van der Waals surface area contributed by atoms with Crippen LogP contribution in [0.4, 0.5) is 5.69 Å². The van der Waals surface area contributed by atoms with E-state index in [4.69, 9.17) is 4.74 Å². The Morgan fingerprint density at radius 2 is 1.68 bits per heavy atom. The average Bonchev–Trinajstić information content (AvgIpc) is 2.55. The predicted octanol–water partition coefficient (Wildman–Crippen LogP) is 3.90. The zero-order valence-electron chi connectivity index (χ0n) is 12.1. The van der Waals surface area contributed by atoms with Gasteiger partial charge in [-0.3, -0.25) is 9.59 Å². The van der Waals surface area contributed by atoms with Crippen molar-refractivity contribution in [3.8, 4) is 5.75 Å². The van der Waals surface area contributed by atoms with Crippen LogP contribution in [0.2, 0.25) is 0 Å². The Morgan fingerprint density at radius 3 is 2.27 bits per heavy atom. The molecule has 0 fully saturated rings. The quantitative estimate of drug-likeness (QED) is 0.582. The van der Waals surface area contributed by atoms with E-state index in [1.54, 1.807) is 24.3 Å². The highest BCUT2D eigenvalue weighted by atomic mass is 127. The summed E-state index contributed by atoms with van der Waals surface area (Å²) in [5.74, 6) is 0.420. The van der Waals surface area contributed by atoms with Gasteiger partial charge in [-0.2, -0.15) is 0 Å². The van der Waals surface area contributed by atoms with E-state index >= 15 is 0 Å². The maximum Gasteiger partial charge on any atom is 0.262 e. The molecule has 0 saturated carbocycles. The second kappa shape index (κ2) is 7.93. The molecule has 0 unspecified atom stereocenters. The summed E-state index contributed by atoms with van der Waals surface area (Å²) < 4.78 is 6.51. The van der Waals surface area contributed by atoms with Gasteiger partial charge in [-0.15, -0.1) is 0 Å². The summed E-state index contributed by atoms with van der Waals surface area (Å²) in [7, 11) is 0. The first-order valence-corrected chi connectivity index (χ1v) is 7.98. The number of rotatable bonds is 6. The number of halogens is 1. The monoisotopic (exact) mass is 409 g/mol. The van der Waals surface area contributed by atoms with Gasteiger partial charge in [0.1, 0.15) is 5.75 Å². The number of hydrogen-bond acceptors (Lipinski definition) is 3. The van der Waals surface area contributed by atoms with Crippen LogP contribution in [-0.4, -0.2) is 18.3 Å². The lowest BCUT2D eigenvalue weighted by Gasteiger charge is -2.08. The zero-order valence-corrected chi connectivity index (χ0v) is 14.3. The van der Waals surface area contributed by atoms with Crippen molar-refractivity contribution in [3.63, 3.8) is 0 Å². The van der Waals surface area contributed by atoms with Crippen molar-refractivity contribution >= 4 is 40.0 Å². The third-order valence-corrected chi connectivity index (χ3v) is 3.71. The van der Waals surface area contributed by atoms with Crippen molar-refractivity contribution in [2.24, 2.45) is 0 Å². The van der Waals surface area contributed by atoms with Crippen LogP contribution >= 0.6 is 22.6 Å². The van der Waals surface area contributed by atoms with Crippen molar-refractivity contribution in [2.45, 2.75) is 13.3 Å². The molecule has 0 atom stereocenters. The fourth-order valence-corrected chi connectivity index (χ4v) is 2.18. The Hall–Kier alpha value is -1.89. The fraction of sp³-hybridized carbons (Fsp3) is 0.176. The lowest BCUT2D eigenvalue weighted by Crippen LogP contribution is -2.20. The summed E-state index contributed by atoms with van der Waals surface area (Å²) in [5, 5.41) is 2.76. The maximum atomic E-state index is 11.8. The molecule has 0 saturated heterocycles. The first-order valence-electron chi connectivity index (χ1n) is 6.90. The van der Waals surface area contributed by atoms with Gasteiger partial charge in [0.05, 0.1) is 0 Å². The van der Waals surface area contributed by atoms with Crippen molar-refractivity contribution in [2.75, 3.05) is 11.9 Å². The Morgan fingerprint density at radius 1 is 1.05 bits per heavy atom. The summed E-state index contributed by atoms with van der Waals surface area (Å²) in [5.41, 5.74) is 1.39. The molecule has 2 aromatic rings. The van der Waals surface area contributed by atoms with E-state index in [2.05, 4.69) is 27.9 Å². The van der Waals surface area contributed by atoms with Gasteiger partial charge in [-0.25, -0.2) is 0 Å². The van der Waals surface area contributed by atoms with Crippen LogP contribution in [0.25, 0.3) is 0 Å². The van der Waals surface area contributed by atoms with Crippen molar-refractivity contribution in [3.05, 3.63) is 57.7 Å². The minimum atomic E-state index is -0.227. The fourth-order valence-electron chi connectivity index (χ4n) is 1.82. The highest BCUT2D eigenvalue weighted by Gasteiger charge is 2.06. The van der Waals surface area contributed by atoms with Crippen molar-refractivity contribution in [1.82, 2.24) is 0 Å². The number of ether oxygens (including phenoxy) is 1. The Labute approximate surface area is 143 Å². The molecule has 0 aromatic heterocycles. The molecule has 0 spiro atoms. The normalized spacial score (nSPS) is 10.1. The van der Waals surface area contributed by atoms with Crippen LogP contribution in [0.15, 0.2) is 48.5 Å². The molecule has 0 heterocycles. The van der Waals surface area contributed by atoms with Crippen LogP contribution < -0.4 is 10.1 Å². The smallest absolute Gasteiger partial charge is 0.262 e. The van der Waals surface area contributed by atoms with Crippen LogP contribution in [0, 0.1) is 3.57 Å². The number of anilines is 1. The van der Waals surface area contributed by atoms with Crippen LogP contribution in [0.5, 0.6) is 5.75 Å². The summed E-state index contributed by atoms with van der Waals surface area (Å²) >= 11 is 2.20. The Balaban J connectivity index is 1.85. The number of nitrogens with one attached hydrogen (secondary N) is 1. The van der Waals surface area contributed by atoms with Crippen LogP contribution in [0.1, 0.15) is 23.7 Å². The van der Waals surface area contributed by atoms with Gasteiger partial charge in [0.15, 0.2) is 12.4 Å². The van der Waals surface area contributed by atoms with Gasteiger partial charge < -0.3 is 10.1 Å². The number of carbonyl (C=O) groups excluding carboxylic acids is 2. The second-order valence-corrected chi connectivity index (χ2v) is 5.89. The number of benzene rings is 2. The highest BCUT2D eigenvalue weighted by Crippen LogP contribution is 2.14. The molecular formula is C17H16INO3. The van der Waals surface area contributed by atoms with E-state index < -0.39 is 0 Å². The van der Waals surface area contributed by atoms with E-state index in [1.165, 1.54) is 0 Å². The molecule has 5 heteroatoms. The average molecular weight is 409 g/mol. The minimum Gasteiger partial charge on any atom is -0.484 e. The Bertz CT molecular complexity index is 651. The number of hydrogen-bond donors (Lipinski definition) is 1. The number of amides is 1. The third-order valence-electron chi connectivity index (χ3n) is 3.00. The van der Waals surface area contributed by atoms with Gasteiger partial charge >= 0.3 is 0 Å². The molecule has 0 aliphatic rings. The first-order chi connectivity index (χ1) is 10.6. The topological polar surface area (TPSA) is 55.4 Å². The van der Waals surface area contributed by atoms with Gasteiger partial charge in [0.25, 0.3) is 5.91 Å². The molecule has 114 valence electrons. The van der Waals surface area contributed by atoms with Gasteiger partial charge in [-0.1, -0.05) is 6.92 Å². The number of carbonyl (C=O) groups is 2. The van der Waals surface area contributed by atoms with Gasteiger partial charge in [0.2, 0.25) is 0 Å². The summed E-state index contributed by atoms with van der Waals surface area (Å²) in [4.78, 5) is 23.3. The SMILES string of the molecule is CCC(=O)c1ccc(OCC(=O)Nc2ccc(I)cc2)cc1. The molecule has 4 nitrogen and oxygen atoms in total. The standard InChI is InChI=1S/C17H16INO3/c1-2-16(20)12-3-9-15(10-4-12)22-11-17(21)19-14-7-5-13(18)6-8-14/h3-10H,2,11H2,1H3,(H,19,21). The van der Waals surface area contributed by atoms with E-state index in [1.807, 2.05) is 31.2 Å². The predicted molar refractivity (Wildman–Crippen MR) is 94.3 cm³/mol. The Kier molecular flexibility index (Phi) is 5.94. The van der Waals surface area contributed by atoms with Crippen LogP contribution in [-0.2, 0) is 4.79 Å². The van der Waals surface area contributed by atoms with Crippen molar-refractivity contribution in [1.29, 1.82) is 0 Å². The molecule has 1 N–H and O–H groups in total. The molecule has 0 aliphatic heterocycles.